The maximum Gasteiger partial charge on any atom is 0.396 e. The van der Waals surface area contributed by atoms with Gasteiger partial charge in [-0.3, -0.25) is 4.79 Å². The second-order valence-corrected chi connectivity index (χ2v) is 2.93. The Balaban J connectivity index is 3.51. The summed E-state index contributed by atoms with van der Waals surface area (Å²) in [5, 5.41) is 2.45. The third-order valence-electron chi connectivity index (χ3n) is 1.38. The second kappa shape index (κ2) is 5.57. The molecule has 0 aliphatic rings. The van der Waals surface area contributed by atoms with E-state index < -0.39 is 11.9 Å². The molecule has 0 aromatic rings. The van der Waals surface area contributed by atoms with Crippen molar-refractivity contribution in [2.45, 2.75) is 20.3 Å². The molecule has 4 heteroatoms. The number of rotatable bonds is 3. The number of ether oxygens (including phenoxy) is 1. The Labute approximate surface area is 72.3 Å². The predicted octanol–water partition coefficient (Wildman–Crippen LogP) is 0.322. The van der Waals surface area contributed by atoms with Crippen molar-refractivity contribution in [1.29, 1.82) is 0 Å². The topological polar surface area (TPSA) is 55.4 Å². The molecular weight excluding hydrogens is 158 g/mol. The lowest BCUT2D eigenvalue weighted by atomic mass is 10.1. The lowest BCUT2D eigenvalue weighted by Crippen LogP contribution is -2.32. The summed E-state index contributed by atoms with van der Waals surface area (Å²) >= 11 is 0. The quantitative estimate of drug-likeness (QED) is 0.494. The first kappa shape index (κ1) is 10.9. The minimum absolute atomic E-state index is 0.517. The summed E-state index contributed by atoms with van der Waals surface area (Å²) in [5.41, 5.74) is 0. The molecule has 0 radical (unpaired) electrons. The van der Waals surface area contributed by atoms with Gasteiger partial charge in [0.1, 0.15) is 0 Å². The number of amides is 1. The molecule has 0 aliphatic carbocycles. The standard InChI is InChI=1S/C8H15NO3/c1-6(2)4-5-9-7(10)8(11)12-3/h6H,4-5H2,1-3H3,(H,9,10). The zero-order chi connectivity index (χ0) is 9.56. The number of methoxy groups -OCH3 is 1. The van der Waals surface area contributed by atoms with Gasteiger partial charge in [-0.05, 0) is 12.3 Å². The highest BCUT2D eigenvalue weighted by atomic mass is 16.5. The number of hydrogen-bond acceptors (Lipinski definition) is 3. The van der Waals surface area contributed by atoms with Crippen molar-refractivity contribution in [1.82, 2.24) is 5.32 Å². The van der Waals surface area contributed by atoms with Crippen molar-refractivity contribution >= 4 is 11.9 Å². The summed E-state index contributed by atoms with van der Waals surface area (Å²) in [6, 6.07) is 0. The van der Waals surface area contributed by atoms with Gasteiger partial charge in [-0.15, -0.1) is 0 Å². The van der Waals surface area contributed by atoms with Crippen molar-refractivity contribution in [2.75, 3.05) is 13.7 Å². The Morgan fingerprint density at radius 1 is 1.42 bits per heavy atom. The molecule has 0 aromatic carbocycles. The third kappa shape index (κ3) is 4.71. The molecule has 0 fully saturated rings. The summed E-state index contributed by atoms with van der Waals surface area (Å²) in [6.07, 6.45) is 0.864. The smallest absolute Gasteiger partial charge is 0.396 e. The maximum absolute atomic E-state index is 10.8. The van der Waals surface area contributed by atoms with Crippen LogP contribution in [0.25, 0.3) is 0 Å². The molecule has 0 spiro atoms. The van der Waals surface area contributed by atoms with Crippen LogP contribution in [0.2, 0.25) is 0 Å². The zero-order valence-corrected chi connectivity index (χ0v) is 7.72. The monoisotopic (exact) mass is 173 g/mol. The lowest BCUT2D eigenvalue weighted by Gasteiger charge is -2.05. The average molecular weight is 173 g/mol. The summed E-state index contributed by atoms with van der Waals surface area (Å²) in [7, 11) is 1.18. The minimum atomic E-state index is -0.834. The van der Waals surface area contributed by atoms with Gasteiger partial charge in [-0.1, -0.05) is 13.8 Å². The van der Waals surface area contributed by atoms with Gasteiger partial charge in [0.25, 0.3) is 0 Å². The van der Waals surface area contributed by atoms with E-state index in [1.54, 1.807) is 0 Å². The summed E-state index contributed by atoms with van der Waals surface area (Å²) in [6.45, 7) is 4.61. The van der Waals surface area contributed by atoms with Crippen molar-refractivity contribution in [3.05, 3.63) is 0 Å². The van der Waals surface area contributed by atoms with Crippen molar-refractivity contribution in [3.63, 3.8) is 0 Å². The third-order valence-corrected chi connectivity index (χ3v) is 1.38. The fourth-order valence-electron chi connectivity index (χ4n) is 0.639. The van der Waals surface area contributed by atoms with E-state index in [0.29, 0.717) is 12.5 Å². The van der Waals surface area contributed by atoms with Crippen LogP contribution in [0.5, 0.6) is 0 Å². The van der Waals surface area contributed by atoms with E-state index in [1.165, 1.54) is 7.11 Å². The van der Waals surface area contributed by atoms with Gasteiger partial charge in [-0.2, -0.15) is 0 Å². The Kier molecular flexibility index (Phi) is 5.08. The molecule has 0 saturated carbocycles. The van der Waals surface area contributed by atoms with Crippen molar-refractivity contribution in [3.8, 4) is 0 Å². The molecule has 0 unspecified atom stereocenters. The molecule has 12 heavy (non-hydrogen) atoms. The average Bonchev–Trinajstić information content (AvgIpc) is 2.02. The van der Waals surface area contributed by atoms with E-state index in [9.17, 15) is 9.59 Å². The molecule has 4 nitrogen and oxygen atoms in total. The van der Waals surface area contributed by atoms with Gasteiger partial charge >= 0.3 is 11.9 Å². The van der Waals surface area contributed by atoms with E-state index >= 15 is 0 Å². The van der Waals surface area contributed by atoms with E-state index in [4.69, 9.17) is 0 Å². The fourth-order valence-corrected chi connectivity index (χ4v) is 0.639. The van der Waals surface area contributed by atoms with Gasteiger partial charge in [0.05, 0.1) is 7.11 Å². The van der Waals surface area contributed by atoms with Gasteiger partial charge in [-0.25, -0.2) is 4.79 Å². The van der Waals surface area contributed by atoms with Gasteiger partial charge in [0.15, 0.2) is 0 Å². The highest BCUT2D eigenvalue weighted by Gasteiger charge is 2.11. The summed E-state index contributed by atoms with van der Waals surface area (Å²) in [5.74, 6) is -0.986. The molecule has 0 saturated heterocycles. The van der Waals surface area contributed by atoms with Crippen LogP contribution in [0.15, 0.2) is 0 Å². The van der Waals surface area contributed by atoms with Crippen LogP contribution in [-0.2, 0) is 14.3 Å². The SMILES string of the molecule is COC(=O)C(=O)NCCC(C)C. The van der Waals surface area contributed by atoms with E-state index in [1.807, 2.05) is 13.8 Å². The van der Waals surface area contributed by atoms with Crippen LogP contribution in [0, 0.1) is 5.92 Å². The van der Waals surface area contributed by atoms with Crippen molar-refractivity contribution in [2.24, 2.45) is 5.92 Å². The number of hydrogen-bond donors (Lipinski definition) is 1. The Hall–Kier alpha value is -1.06. The molecule has 0 rings (SSSR count). The van der Waals surface area contributed by atoms with Crippen LogP contribution < -0.4 is 5.32 Å². The predicted molar refractivity (Wildman–Crippen MR) is 44.5 cm³/mol. The zero-order valence-electron chi connectivity index (χ0n) is 7.72. The van der Waals surface area contributed by atoms with E-state index in [0.717, 1.165) is 6.42 Å². The number of carbonyl (C=O) groups is 2. The first-order valence-electron chi connectivity index (χ1n) is 3.94. The summed E-state index contributed by atoms with van der Waals surface area (Å²) < 4.78 is 4.22. The van der Waals surface area contributed by atoms with Crippen LogP contribution in [0.1, 0.15) is 20.3 Å². The number of nitrogens with one attached hydrogen (secondary N) is 1. The van der Waals surface area contributed by atoms with Crippen LogP contribution in [0.3, 0.4) is 0 Å². The molecule has 0 atom stereocenters. The second-order valence-electron chi connectivity index (χ2n) is 2.93. The van der Waals surface area contributed by atoms with Crippen LogP contribution in [-0.4, -0.2) is 25.5 Å². The molecule has 0 bridgehead atoms. The molecule has 0 heterocycles. The number of esters is 1. The van der Waals surface area contributed by atoms with Crippen LogP contribution in [0.4, 0.5) is 0 Å². The molecular formula is C8H15NO3. The molecule has 1 amide bonds. The lowest BCUT2D eigenvalue weighted by molar-refractivity contribution is -0.152. The first-order valence-corrected chi connectivity index (χ1v) is 3.94. The van der Waals surface area contributed by atoms with Crippen molar-refractivity contribution < 1.29 is 14.3 Å². The Morgan fingerprint density at radius 3 is 2.42 bits per heavy atom. The van der Waals surface area contributed by atoms with Gasteiger partial charge < -0.3 is 10.1 Å². The van der Waals surface area contributed by atoms with Gasteiger partial charge in [0, 0.05) is 6.54 Å². The fraction of sp³-hybridized carbons (Fsp3) is 0.750. The first-order chi connectivity index (χ1) is 5.57. The minimum Gasteiger partial charge on any atom is -0.462 e. The highest BCUT2D eigenvalue weighted by Crippen LogP contribution is 1.95. The Bertz CT molecular complexity index is 166. The highest BCUT2D eigenvalue weighted by molar-refractivity contribution is 6.32. The molecule has 0 aromatic heterocycles. The van der Waals surface area contributed by atoms with Crippen LogP contribution >= 0.6 is 0 Å². The Morgan fingerprint density at radius 2 is 2.00 bits per heavy atom. The van der Waals surface area contributed by atoms with E-state index in [2.05, 4.69) is 10.1 Å². The molecule has 1 N–H and O–H groups in total. The van der Waals surface area contributed by atoms with E-state index in [-0.39, 0.29) is 0 Å². The van der Waals surface area contributed by atoms with Gasteiger partial charge in [0.2, 0.25) is 0 Å². The largest absolute Gasteiger partial charge is 0.462 e. The molecule has 0 aliphatic heterocycles. The maximum atomic E-state index is 10.8. The summed E-state index contributed by atoms with van der Waals surface area (Å²) in [4.78, 5) is 21.3. The molecule has 70 valence electrons. The number of carbonyl (C=O) groups excluding carboxylic acids is 2. The normalized spacial score (nSPS) is 9.67.